The highest BCUT2D eigenvalue weighted by atomic mass is 16.6. The Labute approximate surface area is 156 Å². The van der Waals surface area contributed by atoms with Gasteiger partial charge < -0.3 is 23.8 Å². The van der Waals surface area contributed by atoms with Crippen LogP contribution in [0.2, 0.25) is 0 Å². The first-order valence-electron chi connectivity index (χ1n) is 8.38. The maximum Gasteiger partial charge on any atom is 0.286 e. The molecule has 1 aliphatic rings. The molecule has 0 aliphatic carbocycles. The number of carbonyl (C=O) groups excluding carboxylic acids is 1. The number of amides is 1. The number of rotatable bonds is 5. The number of aromatic nitrogens is 2. The number of imidazole rings is 1. The number of hydrogen-bond acceptors (Lipinski definition) is 7. The van der Waals surface area contributed by atoms with Crippen molar-refractivity contribution in [1.82, 2.24) is 14.5 Å². The van der Waals surface area contributed by atoms with Crippen molar-refractivity contribution in [3.8, 4) is 11.5 Å². The van der Waals surface area contributed by atoms with Gasteiger partial charge in [-0.2, -0.15) is 0 Å². The minimum Gasteiger partial charge on any atom is -0.493 e. The molecule has 0 radical (unpaired) electrons. The van der Waals surface area contributed by atoms with Gasteiger partial charge in [-0.3, -0.25) is 14.9 Å². The Hall–Kier alpha value is -3.30. The zero-order valence-corrected chi connectivity index (χ0v) is 15.4. The van der Waals surface area contributed by atoms with E-state index in [1.165, 1.54) is 26.4 Å². The molecular weight excluding hydrogens is 354 g/mol. The topological polar surface area (TPSA) is 103 Å². The third-order valence-corrected chi connectivity index (χ3v) is 4.57. The standard InChI is InChI=1S/C17H21N5O5/c1-19-5-4-18-17(19)21-8-6-20(7-9-21)16(23)12-10-14(26-2)15(27-3)11-13(12)22(24)25/h4-5,10-11H,6-9H2,1-3H3. The van der Waals surface area contributed by atoms with Crippen LogP contribution in [0.15, 0.2) is 24.5 Å². The SMILES string of the molecule is COc1cc(C(=O)N2CCN(c3nccn3C)CC2)c([N+](=O)[O-])cc1OC. The maximum atomic E-state index is 12.9. The van der Waals surface area contributed by atoms with E-state index in [1.54, 1.807) is 11.1 Å². The largest absolute Gasteiger partial charge is 0.493 e. The Bertz CT molecular complexity index is 857. The van der Waals surface area contributed by atoms with E-state index in [1.807, 2.05) is 17.8 Å². The van der Waals surface area contributed by atoms with Crippen molar-refractivity contribution in [3.05, 3.63) is 40.2 Å². The molecule has 0 unspecified atom stereocenters. The molecule has 1 aliphatic heterocycles. The fraction of sp³-hybridized carbons (Fsp3) is 0.412. The van der Waals surface area contributed by atoms with Gasteiger partial charge in [-0.15, -0.1) is 0 Å². The van der Waals surface area contributed by atoms with E-state index in [9.17, 15) is 14.9 Å². The van der Waals surface area contributed by atoms with Gasteiger partial charge in [0.1, 0.15) is 5.56 Å². The lowest BCUT2D eigenvalue weighted by Crippen LogP contribution is -2.49. The van der Waals surface area contributed by atoms with Crippen molar-refractivity contribution in [2.45, 2.75) is 0 Å². The van der Waals surface area contributed by atoms with Gasteiger partial charge in [0, 0.05) is 51.7 Å². The minimum atomic E-state index is -0.584. The molecule has 1 amide bonds. The fourth-order valence-corrected chi connectivity index (χ4v) is 3.13. The summed E-state index contributed by atoms with van der Waals surface area (Å²) in [6.45, 7) is 2.07. The van der Waals surface area contributed by atoms with Gasteiger partial charge in [-0.25, -0.2) is 4.98 Å². The van der Waals surface area contributed by atoms with E-state index >= 15 is 0 Å². The molecule has 2 aromatic rings. The van der Waals surface area contributed by atoms with Gasteiger partial charge in [-0.1, -0.05) is 0 Å². The molecule has 0 spiro atoms. The minimum absolute atomic E-state index is 0.0110. The molecule has 1 aromatic carbocycles. The Balaban J connectivity index is 1.82. The van der Waals surface area contributed by atoms with Crippen molar-refractivity contribution < 1.29 is 19.2 Å². The summed E-state index contributed by atoms with van der Waals surface area (Å²) in [6.07, 6.45) is 3.58. The molecule has 0 N–H and O–H groups in total. The molecule has 1 aromatic heterocycles. The van der Waals surface area contributed by atoms with Gasteiger partial charge >= 0.3 is 0 Å². The summed E-state index contributed by atoms with van der Waals surface area (Å²) in [6, 6.07) is 2.58. The summed E-state index contributed by atoms with van der Waals surface area (Å²) >= 11 is 0. The second-order valence-electron chi connectivity index (χ2n) is 6.10. The number of piperazine rings is 1. The number of nitro benzene ring substituents is 1. The molecule has 10 nitrogen and oxygen atoms in total. The maximum absolute atomic E-state index is 12.9. The average Bonchev–Trinajstić information content (AvgIpc) is 3.12. The lowest BCUT2D eigenvalue weighted by atomic mass is 10.1. The van der Waals surface area contributed by atoms with Crippen LogP contribution >= 0.6 is 0 Å². The Morgan fingerprint density at radius 2 is 1.78 bits per heavy atom. The first kappa shape index (κ1) is 18.5. The summed E-state index contributed by atoms with van der Waals surface area (Å²) in [5.41, 5.74) is -0.313. The zero-order chi connectivity index (χ0) is 19.6. The van der Waals surface area contributed by atoms with Gasteiger partial charge in [0.25, 0.3) is 11.6 Å². The van der Waals surface area contributed by atoms with Crippen molar-refractivity contribution in [2.75, 3.05) is 45.3 Å². The Morgan fingerprint density at radius 1 is 1.15 bits per heavy atom. The molecule has 27 heavy (non-hydrogen) atoms. The number of anilines is 1. The summed E-state index contributed by atoms with van der Waals surface area (Å²) in [5, 5.41) is 11.4. The van der Waals surface area contributed by atoms with Crippen LogP contribution < -0.4 is 14.4 Å². The first-order chi connectivity index (χ1) is 13.0. The van der Waals surface area contributed by atoms with Crippen LogP contribution in [0.4, 0.5) is 11.6 Å². The highest BCUT2D eigenvalue weighted by Crippen LogP contribution is 2.35. The Morgan fingerprint density at radius 3 is 2.30 bits per heavy atom. The predicted molar refractivity (Wildman–Crippen MR) is 97.5 cm³/mol. The fourth-order valence-electron chi connectivity index (χ4n) is 3.13. The van der Waals surface area contributed by atoms with Crippen LogP contribution in [-0.2, 0) is 7.05 Å². The van der Waals surface area contributed by atoms with Crippen LogP contribution in [-0.4, -0.2) is 65.7 Å². The first-order valence-corrected chi connectivity index (χ1v) is 8.38. The summed E-state index contributed by atoms with van der Waals surface area (Å²) in [4.78, 5) is 31.8. The predicted octanol–water partition coefficient (Wildman–Crippen LogP) is 1.31. The van der Waals surface area contributed by atoms with Crippen LogP contribution in [0.25, 0.3) is 0 Å². The average molecular weight is 375 g/mol. The highest BCUT2D eigenvalue weighted by Gasteiger charge is 2.30. The van der Waals surface area contributed by atoms with E-state index < -0.39 is 10.8 Å². The Kier molecular flexibility index (Phi) is 5.15. The normalized spacial score (nSPS) is 14.2. The van der Waals surface area contributed by atoms with E-state index in [0.717, 1.165) is 5.95 Å². The molecule has 0 saturated carbocycles. The lowest BCUT2D eigenvalue weighted by Gasteiger charge is -2.35. The highest BCUT2D eigenvalue weighted by molar-refractivity contribution is 5.99. The number of benzene rings is 1. The quantitative estimate of drug-likeness (QED) is 0.573. The molecular formula is C17H21N5O5. The second kappa shape index (κ2) is 7.52. The van der Waals surface area contributed by atoms with Crippen LogP contribution in [0.1, 0.15) is 10.4 Å². The lowest BCUT2D eigenvalue weighted by molar-refractivity contribution is -0.385. The molecule has 0 atom stereocenters. The van der Waals surface area contributed by atoms with E-state index in [0.29, 0.717) is 26.2 Å². The summed E-state index contributed by atoms with van der Waals surface area (Å²) in [7, 11) is 4.72. The van der Waals surface area contributed by atoms with Crippen molar-refractivity contribution in [3.63, 3.8) is 0 Å². The van der Waals surface area contributed by atoms with E-state index in [2.05, 4.69) is 9.88 Å². The molecule has 10 heteroatoms. The van der Waals surface area contributed by atoms with Crippen LogP contribution in [0.3, 0.4) is 0 Å². The second-order valence-corrected chi connectivity index (χ2v) is 6.10. The number of ether oxygens (including phenoxy) is 2. The number of aryl methyl sites for hydroxylation is 1. The number of nitro groups is 1. The van der Waals surface area contributed by atoms with Crippen LogP contribution in [0.5, 0.6) is 11.5 Å². The number of methoxy groups -OCH3 is 2. The molecule has 144 valence electrons. The molecule has 3 rings (SSSR count). The monoisotopic (exact) mass is 375 g/mol. The van der Waals surface area contributed by atoms with Gasteiger partial charge in [0.2, 0.25) is 5.95 Å². The van der Waals surface area contributed by atoms with E-state index in [-0.39, 0.29) is 22.7 Å². The summed E-state index contributed by atoms with van der Waals surface area (Å²) < 4.78 is 12.2. The van der Waals surface area contributed by atoms with Gasteiger partial charge in [0.15, 0.2) is 11.5 Å². The third-order valence-electron chi connectivity index (χ3n) is 4.57. The smallest absolute Gasteiger partial charge is 0.286 e. The van der Waals surface area contributed by atoms with Crippen LogP contribution in [0, 0.1) is 10.1 Å². The third kappa shape index (κ3) is 3.50. The van der Waals surface area contributed by atoms with E-state index in [4.69, 9.17) is 9.47 Å². The number of nitrogens with zero attached hydrogens (tertiary/aromatic N) is 5. The van der Waals surface area contributed by atoms with Gasteiger partial charge in [-0.05, 0) is 0 Å². The summed E-state index contributed by atoms with van der Waals surface area (Å²) in [5.74, 6) is 0.916. The molecule has 2 heterocycles. The molecule has 0 bridgehead atoms. The van der Waals surface area contributed by atoms with Crippen molar-refractivity contribution >= 4 is 17.5 Å². The van der Waals surface area contributed by atoms with Crippen molar-refractivity contribution in [2.24, 2.45) is 7.05 Å². The molecule has 1 fully saturated rings. The number of carbonyl (C=O) groups is 1. The zero-order valence-electron chi connectivity index (χ0n) is 15.4. The van der Waals surface area contributed by atoms with Crippen molar-refractivity contribution in [1.29, 1.82) is 0 Å². The molecule has 1 saturated heterocycles. The van der Waals surface area contributed by atoms with Gasteiger partial charge in [0.05, 0.1) is 25.2 Å². The number of hydrogen-bond donors (Lipinski definition) is 0.